The number of carbonyl (C=O) groups is 1. The van der Waals surface area contributed by atoms with Gasteiger partial charge in [0.25, 0.3) is 11.6 Å². The number of ether oxygens (including phenoxy) is 1. The molecule has 21 heavy (non-hydrogen) atoms. The van der Waals surface area contributed by atoms with Gasteiger partial charge in [-0.1, -0.05) is 6.07 Å². The first-order valence-corrected chi connectivity index (χ1v) is 6.30. The summed E-state index contributed by atoms with van der Waals surface area (Å²) in [6, 6.07) is 5.98. The lowest BCUT2D eigenvalue weighted by Crippen LogP contribution is -2.24. The van der Waals surface area contributed by atoms with E-state index < -0.39 is 10.8 Å². The van der Waals surface area contributed by atoms with Gasteiger partial charge in [-0.05, 0) is 19.1 Å². The van der Waals surface area contributed by atoms with Crippen molar-refractivity contribution in [2.45, 2.75) is 13.5 Å². The standard InChI is InChI=1S/C13H14N4O4/c1-2-21-11-5-3-4-10(17(19)20)12(11)13(18)14-8-9-6-7-15-16-9/h3-7H,2,8H2,1H3,(H,14,18)(H,15,16). The Balaban J connectivity index is 2.26. The van der Waals surface area contributed by atoms with Crippen molar-refractivity contribution >= 4 is 11.6 Å². The van der Waals surface area contributed by atoms with Crippen molar-refractivity contribution in [1.82, 2.24) is 15.5 Å². The van der Waals surface area contributed by atoms with Crippen LogP contribution in [0, 0.1) is 10.1 Å². The highest BCUT2D eigenvalue weighted by atomic mass is 16.6. The third kappa shape index (κ3) is 3.35. The molecule has 0 radical (unpaired) electrons. The molecular weight excluding hydrogens is 276 g/mol. The number of nitrogens with zero attached hydrogens (tertiary/aromatic N) is 2. The van der Waals surface area contributed by atoms with E-state index >= 15 is 0 Å². The lowest BCUT2D eigenvalue weighted by atomic mass is 10.1. The molecule has 0 aliphatic heterocycles. The average molecular weight is 290 g/mol. The van der Waals surface area contributed by atoms with E-state index in [0.717, 1.165) is 0 Å². The van der Waals surface area contributed by atoms with Crippen LogP contribution in [0.5, 0.6) is 5.75 Å². The van der Waals surface area contributed by atoms with Crippen LogP contribution in [0.1, 0.15) is 23.0 Å². The third-order valence-electron chi connectivity index (χ3n) is 2.73. The Morgan fingerprint density at radius 3 is 2.90 bits per heavy atom. The Labute approximate surface area is 120 Å². The summed E-state index contributed by atoms with van der Waals surface area (Å²) in [6.07, 6.45) is 1.55. The van der Waals surface area contributed by atoms with Crippen LogP contribution >= 0.6 is 0 Å². The van der Waals surface area contributed by atoms with Crippen LogP contribution in [0.4, 0.5) is 5.69 Å². The monoisotopic (exact) mass is 290 g/mol. The second-order valence-corrected chi connectivity index (χ2v) is 4.10. The number of carbonyl (C=O) groups excluding carboxylic acids is 1. The number of benzene rings is 1. The van der Waals surface area contributed by atoms with Crippen LogP contribution < -0.4 is 10.1 Å². The maximum absolute atomic E-state index is 12.2. The van der Waals surface area contributed by atoms with E-state index in [9.17, 15) is 14.9 Å². The van der Waals surface area contributed by atoms with Crippen molar-refractivity contribution in [2.75, 3.05) is 6.61 Å². The van der Waals surface area contributed by atoms with E-state index in [1.807, 2.05) is 0 Å². The Morgan fingerprint density at radius 1 is 1.48 bits per heavy atom. The molecule has 0 unspecified atom stereocenters. The van der Waals surface area contributed by atoms with Gasteiger partial charge in [0, 0.05) is 12.3 Å². The first kappa shape index (κ1) is 14.5. The van der Waals surface area contributed by atoms with Gasteiger partial charge in [-0.25, -0.2) is 0 Å². The number of rotatable bonds is 6. The molecular formula is C13H14N4O4. The second kappa shape index (κ2) is 6.51. The minimum absolute atomic E-state index is 0.0798. The fourth-order valence-electron chi connectivity index (χ4n) is 1.82. The summed E-state index contributed by atoms with van der Waals surface area (Å²) >= 11 is 0. The summed E-state index contributed by atoms with van der Waals surface area (Å²) in [7, 11) is 0. The number of H-pyrrole nitrogens is 1. The number of hydrogen-bond donors (Lipinski definition) is 2. The topological polar surface area (TPSA) is 110 Å². The number of hydrogen-bond acceptors (Lipinski definition) is 5. The largest absolute Gasteiger partial charge is 0.493 e. The molecule has 0 bridgehead atoms. The number of amides is 1. The third-order valence-corrected chi connectivity index (χ3v) is 2.73. The molecule has 0 atom stereocenters. The zero-order valence-corrected chi connectivity index (χ0v) is 11.3. The van der Waals surface area contributed by atoms with E-state index in [2.05, 4.69) is 15.5 Å². The Kier molecular flexibility index (Phi) is 4.50. The molecule has 2 N–H and O–H groups in total. The number of nitrogens with one attached hydrogen (secondary N) is 2. The zero-order chi connectivity index (χ0) is 15.2. The molecule has 8 heteroatoms. The molecule has 1 amide bonds. The Hall–Kier alpha value is -2.90. The van der Waals surface area contributed by atoms with Gasteiger partial charge < -0.3 is 10.1 Å². The summed E-state index contributed by atoms with van der Waals surface area (Å²) in [5, 5.41) is 20.1. The summed E-state index contributed by atoms with van der Waals surface area (Å²) in [4.78, 5) is 22.7. The second-order valence-electron chi connectivity index (χ2n) is 4.10. The molecule has 0 saturated heterocycles. The summed E-state index contributed by atoms with van der Waals surface area (Å²) < 4.78 is 5.30. The van der Waals surface area contributed by atoms with Crippen LogP contribution in [0.3, 0.4) is 0 Å². The van der Waals surface area contributed by atoms with E-state index in [1.54, 1.807) is 19.2 Å². The first-order chi connectivity index (χ1) is 10.1. The van der Waals surface area contributed by atoms with Crippen molar-refractivity contribution in [1.29, 1.82) is 0 Å². The lowest BCUT2D eigenvalue weighted by molar-refractivity contribution is -0.385. The molecule has 8 nitrogen and oxygen atoms in total. The van der Waals surface area contributed by atoms with E-state index in [-0.39, 0.29) is 23.5 Å². The van der Waals surface area contributed by atoms with Crippen LogP contribution in [-0.2, 0) is 6.54 Å². The maximum Gasteiger partial charge on any atom is 0.285 e. The van der Waals surface area contributed by atoms with E-state index in [1.165, 1.54) is 18.2 Å². The molecule has 0 saturated carbocycles. The Morgan fingerprint density at radius 2 is 2.29 bits per heavy atom. The molecule has 1 aromatic heterocycles. The summed E-state index contributed by atoms with van der Waals surface area (Å²) in [6.45, 7) is 2.24. The van der Waals surface area contributed by atoms with Gasteiger partial charge >= 0.3 is 0 Å². The highest BCUT2D eigenvalue weighted by molar-refractivity contribution is 6.00. The van der Waals surface area contributed by atoms with Gasteiger partial charge in [0.15, 0.2) is 5.56 Å². The van der Waals surface area contributed by atoms with Crippen molar-refractivity contribution < 1.29 is 14.5 Å². The van der Waals surface area contributed by atoms with Crippen LogP contribution in [0.2, 0.25) is 0 Å². The number of aromatic nitrogens is 2. The molecule has 1 aromatic carbocycles. The summed E-state index contributed by atoms with van der Waals surface area (Å²) in [5.74, 6) is -0.380. The van der Waals surface area contributed by atoms with Gasteiger partial charge in [-0.3, -0.25) is 20.0 Å². The Bertz CT molecular complexity index is 640. The molecule has 2 aromatic rings. The fraction of sp³-hybridized carbons (Fsp3) is 0.231. The predicted octanol–water partition coefficient (Wildman–Crippen LogP) is 1.65. The molecule has 1 heterocycles. The van der Waals surface area contributed by atoms with Gasteiger partial charge in [0.2, 0.25) is 0 Å². The van der Waals surface area contributed by atoms with Gasteiger partial charge in [0.1, 0.15) is 5.75 Å². The molecule has 0 fully saturated rings. The normalized spacial score (nSPS) is 10.1. The van der Waals surface area contributed by atoms with Crippen molar-refractivity contribution in [2.24, 2.45) is 0 Å². The quantitative estimate of drug-likeness (QED) is 0.620. The minimum Gasteiger partial charge on any atom is -0.493 e. The van der Waals surface area contributed by atoms with Crippen molar-refractivity contribution in [3.63, 3.8) is 0 Å². The van der Waals surface area contributed by atoms with Gasteiger partial charge in [-0.2, -0.15) is 5.10 Å². The average Bonchev–Trinajstić information content (AvgIpc) is 2.98. The van der Waals surface area contributed by atoms with Crippen molar-refractivity contribution in [3.05, 3.63) is 51.8 Å². The van der Waals surface area contributed by atoms with Gasteiger partial charge in [-0.15, -0.1) is 0 Å². The van der Waals surface area contributed by atoms with Crippen LogP contribution in [-0.4, -0.2) is 27.6 Å². The number of aromatic amines is 1. The minimum atomic E-state index is -0.604. The van der Waals surface area contributed by atoms with Gasteiger partial charge in [0.05, 0.1) is 23.8 Å². The first-order valence-electron chi connectivity index (χ1n) is 6.30. The predicted molar refractivity (Wildman–Crippen MR) is 74.0 cm³/mol. The SMILES string of the molecule is CCOc1cccc([N+](=O)[O-])c1C(=O)NCc1ccn[nH]1. The smallest absolute Gasteiger partial charge is 0.285 e. The molecule has 2 rings (SSSR count). The lowest BCUT2D eigenvalue weighted by Gasteiger charge is -2.10. The number of nitro benzene ring substituents is 1. The van der Waals surface area contributed by atoms with E-state index in [0.29, 0.717) is 12.3 Å². The molecule has 0 spiro atoms. The number of nitro groups is 1. The van der Waals surface area contributed by atoms with E-state index in [4.69, 9.17) is 4.74 Å². The molecule has 0 aliphatic rings. The molecule has 110 valence electrons. The zero-order valence-electron chi connectivity index (χ0n) is 11.3. The molecule has 0 aliphatic carbocycles. The van der Waals surface area contributed by atoms with Crippen LogP contribution in [0.25, 0.3) is 0 Å². The highest BCUT2D eigenvalue weighted by Gasteiger charge is 2.24. The van der Waals surface area contributed by atoms with Crippen molar-refractivity contribution in [3.8, 4) is 5.75 Å². The van der Waals surface area contributed by atoms with Crippen LogP contribution in [0.15, 0.2) is 30.5 Å². The maximum atomic E-state index is 12.2. The highest BCUT2D eigenvalue weighted by Crippen LogP contribution is 2.28. The summed E-state index contributed by atoms with van der Waals surface area (Å²) in [5.41, 5.74) is 0.326. The fourth-order valence-corrected chi connectivity index (χ4v) is 1.82.